The van der Waals surface area contributed by atoms with Crippen LogP contribution in [0, 0.1) is 0 Å². The minimum atomic E-state index is 0.878. The van der Waals surface area contributed by atoms with E-state index in [1.54, 1.807) is 0 Å². The SMILES string of the molecule is c1ccc2cc(-c3ccnc4c3ncn4CCCn3ccnc3)ccc2c1. The van der Waals surface area contributed by atoms with E-state index in [1.165, 1.54) is 16.3 Å². The number of hydrogen-bond acceptors (Lipinski definition) is 3. The van der Waals surface area contributed by atoms with E-state index in [0.29, 0.717) is 0 Å². The summed E-state index contributed by atoms with van der Waals surface area (Å²) in [4.78, 5) is 13.3. The molecule has 0 aliphatic rings. The third-order valence-corrected chi connectivity index (χ3v) is 4.94. The molecule has 132 valence electrons. The summed E-state index contributed by atoms with van der Waals surface area (Å²) >= 11 is 0. The molecule has 5 heteroatoms. The number of aryl methyl sites for hydroxylation is 2. The van der Waals surface area contributed by atoms with Crippen molar-refractivity contribution < 1.29 is 0 Å². The van der Waals surface area contributed by atoms with Crippen molar-refractivity contribution in [3.8, 4) is 11.1 Å². The molecule has 0 bridgehead atoms. The normalized spacial score (nSPS) is 11.4. The Hall–Kier alpha value is -3.47. The van der Waals surface area contributed by atoms with Crippen LogP contribution in [0.4, 0.5) is 0 Å². The molecule has 0 saturated heterocycles. The van der Waals surface area contributed by atoms with Gasteiger partial charge in [0.25, 0.3) is 0 Å². The summed E-state index contributed by atoms with van der Waals surface area (Å²) in [5, 5.41) is 2.48. The van der Waals surface area contributed by atoms with E-state index < -0.39 is 0 Å². The number of nitrogens with zero attached hydrogens (tertiary/aromatic N) is 5. The van der Waals surface area contributed by atoms with Crippen LogP contribution in [0.1, 0.15) is 6.42 Å². The molecule has 0 fully saturated rings. The second-order valence-electron chi connectivity index (χ2n) is 6.68. The minimum absolute atomic E-state index is 0.878. The highest BCUT2D eigenvalue weighted by molar-refractivity contribution is 5.94. The predicted molar refractivity (Wildman–Crippen MR) is 107 cm³/mol. The molecule has 27 heavy (non-hydrogen) atoms. The first-order chi connectivity index (χ1) is 13.4. The first-order valence-electron chi connectivity index (χ1n) is 9.13. The molecule has 0 spiro atoms. The Kier molecular flexibility index (Phi) is 3.90. The zero-order valence-corrected chi connectivity index (χ0v) is 14.9. The monoisotopic (exact) mass is 353 g/mol. The minimum Gasteiger partial charge on any atom is -0.337 e. The van der Waals surface area contributed by atoms with Crippen molar-refractivity contribution in [3.05, 3.63) is 79.8 Å². The lowest BCUT2D eigenvalue weighted by Gasteiger charge is -2.07. The Morgan fingerprint density at radius 1 is 0.815 bits per heavy atom. The second kappa shape index (κ2) is 6.68. The van der Waals surface area contributed by atoms with Gasteiger partial charge in [-0.05, 0) is 34.9 Å². The molecule has 5 aromatic rings. The van der Waals surface area contributed by atoms with Gasteiger partial charge in [0.1, 0.15) is 5.52 Å². The molecule has 0 atom stereocenters. The number of fused-ring (bicyclic) bond motifs is 2. The van der Waals surface area contributed by atoms with E-state index in [-0.39, 0.29) is 0 Å². The van der Waals surface area contributed by atoms with E-state index in [1.807, 2.05) is 31.2 Å². The van der Waals surface area contributed by atoms with Gasteiger partial charge in [0.2, 0.25) is 0 Å². The van der Waals surface area contributed by atoms with E-state index >= 15 is 0 Å². The summed E-state index contributed by atoms with van der Waals surface area (Å²) in [5.41, 5.74) is 4.19. The molecular formula is C22H19N5. The molecule has 3 heterocycles. The van der Waals surface area contributed by atoms with Crippen LogP contribution in [0.25, 0.3) is 33.1 Å². The van der Waals surface area contributed by atoms with Gasteiger partial charge in [-0.25, -0.2) is 15.0 Å². The molecule has 3 aromatic heterocycles. The maximum atomic E-state index is 4.67. The van der Waals surface area contributed by atoms with Crippen LogP contribution >= 0.6 is 0 Å². The van der Waals surface area contributed by atoms with Gasteiger partial charge in [0.15, 0.2) is 5.65 Å². The zero-order chi connectivity index (χ0) is 18.1. The van der Waals surface area contributed by atoms with Gasteiger partial charge in [-0.15, -0.1) is 0 Å². The molecule has 0 aliphatic carbocycles. The second-order valence-corrected chi connectivity index (χ2v) is 6.68. The Bertz CT molecular complexity index is 1200. The average molecular weight is 353 g/mol. The van der Waals surface area contributed by atoms with Crippen LogP contribution < -0.4 is 0 Å². The van der Waals surface area contributed by atoms with Gasteiger partial charge in [-0.1, -0.05) is 36.4 Å². The fraction of sp³-hybridized carbons (Fsp3) is 0.136. The molecular weight excluding hydrogens is 334 g/mol. The largest absolute Gasteiger partial charge is 0.337 e. The smallest absolute Gasteiger partial charge is 0.160 e. The molecule has 5 nitrogen and oxygen atoms in total. The topological polar surface area (TPSA) is 48.5 Å². The third kappa shape index (κ3) is 2.97. The lowest BCUT2D eigenvalue weighted by atomic mass is 10.0. The van der Waals surface area contributed by atoms with E-state index in [9.17, 15) is 0 Å². The first kappa shape index (κ1) is 15.8. The fourth-order valence-corrected chi connectivity index (χ4v) is 3.56. The molecule has 0 saturated carbocycles. The van der Waals surface area contributed by atoms with Gasteiger partial charge in [0, 0.05) is 37.2 Å². The summed E-state index contributed by atoms with van der Waals surface area (Å²) in [6.07, 6.45) is 10.4. The third-order valence-electron chi connectivity index (χ3n) is 4.94. The van der Waals surface area contributed by atoms with Crippen LogP contribution in [0.5, 0.6) is 0 Å². The van der Waals surface area contributed by atoms with Gasteiger partial charge >= 0.3 is 0 Å². The van der Waals surface area contributed by atoms with Gasteiger partial charge in [-0.2, -0.15) is 0 Å². The van der Waals surface area contributed by atoms with Crippen LogP contribution in [0.15, 0.2) is 79.8 Å². The molecule has 0 amide bonds. The molecule has 5 rings (SSSR count). The Balaban J connectivity index is 1.47. The van der Waals surface area contributed by atoms with Crippen molar-refractivity contribution in [1.82, 2.24) is 24.1 Å². The summed E-state index contributed by atoms with van der Waals surface area (Å²) in [7, 11) is 0. The van der Waals surface area contributed by atoms with Crippen molar-refractivity contribution in [2.75, 3.05) is 0 Å². The molecule has 0 radical (unpaired) electrons. The number of hydrogen-bond donors (Lipinski definition) is 0. The standard InChI is InChI=1S/C22H19N5/c1-2-5-18-14-19(7-6-17(18)4-1)20-8-9-24-22-21(20)25-16-27(22)12-3-11-26-13-10-23-15-26/h1-2,4-10,13-16H,3,11-12H2. The summed E-state index contributed by atoms with van der Waals surface area (Å²) in [6.45, 7) is 1.81. The van der Waals surface area contributed by atoms with Crippen molar-refractivity contribution in [3.63, 3.8) is 0 Å². The van der Waals surface area contributed by atoms with Crippen LogP contribution in [-0.2, 0) is 13.1 Å². The lowest BCUT2D eigenvalue weighted by Crippen LogP contribution is -2.02. The number of benzene rings is 2. The van der Waals surface area contributed by atoms with Crippen LogP contribution in [-0.4, -0.2) is 24.1 Å². The Morgan fingerprint density at radius 3 is 2.63 bits per heavy atom. The van der Waals surface area contributed by atoms with Crippen LogP contribution in [0.3, 0.4) is 0 Å². The van der Waals surface area contributed by atoms with E-state index in [0.717, 1.165) is 36.2 Å². The van der Waals surface area contributed by atoms with Crippen molar-refractivity contribution in [2.45, 2.75) is 19.5 Å². The van der Waals surface area contributed by atoms with Gasteiger partial charge in [0.05, 0.1) is 12.7 Å². The number of pyridine rings is 1. The predicted octanol–water partition coefficient (Wildman–Crippen LogP) is 4.54. The van der Waals surface area contributed by atoms with Crippen molar-refractivity contribution in [1.29, 1.82) is 0 Å². The highest BCUT2D eigenvalue weighted by Gasteiger charge is 2.10. The molecule has 0 unspecified atom stereocenters. The van der Waals surface area contributed by atoms with Crippen molar-refractivity contribution >= 4 is 21.9 Å². The average Bonchev–Trinajstić information content (AvgIpc) is 3.38. The lowest BCUT2D eigenvalue weighted by molar-refractivity contribution is 0.569. The zero-order valence-electron chi connectivity index (χ0n) is 14.9. The van der Waals surface area contributed by atoms with Crippen LogP contribution in [0.2, 0.25) is 0 Å². The maximum absolute atomic E-state index is 4.67. The van der Waals surface area contributed by atoms with E-state index in [4.69, 9.17) is 0 Å². The summed E-state index contributed by atoms with van der Waals surface area (Å²) in [6, 6.07) is 17.0. The van der Waals surface area contributed by atoms with Gasteiger partial charge in [-0.3, -0.25) is 0 Å². The summed E-state index contributed by atoms with van der Waals surface area (Å²) in [5.74, 6) is 0. The highest BCUT2D eigenvalue weighted by Crippen LogP contribution is 2.29. The number of aromatic nitrogens is 5. The molecule has 0 aliphatic heterocycles. The molecule has 0 N–H and O–H groups in total. The first-order valence-corrected chi connectivity index (χ1v) is 9.13. The van der Waals surface area contributed by atoms with Gasteiger partial charge < -0.3 is 9.13 Å². The quantitative estimate of drug-likeness (QED) is 0.466. The number of rotatable bonds is 5. The summed E-state index contributed by atoms with van der Waals surface area (Å²) < 4.78 is 4.23. The Labute approximate surface area is 157 Å². The van der Waals surface area contributed by atoms with Crippen molar-refractivity contribution in [2.24, 2.45) is 0 Å². The molecule has 2 aromatic carbocycles. The maximum Gasteiger partial charge on any atom is 0.160 e. The number of imidazole rings is 2. The van der Waals surface area contributed by atoms with E-state index in [2.05, 4.69) is 72.6 Å². The highest BCUT2D eigenvalue weighted by atomic mass is 15.1. The Morgan fingerprint density at radius 2 is 1.74 bits per heavy atom. The fourth-order valence-electron chi connectivity index (χ4n) is 3.56.